The Labute approximate surface area is 108 Å². The van der Waals surface area contributed by atoms with Crippen molar-refractivity contribution >= 4 is 28.4 Å². The molecule has 16 heavy (non-hydrogen) atoms. The Bertz CT molecular complexity index is 471. The molecule has 0 saturated heterocycles. The molecule has 0 atom stereocenters. The van der Waals surface area contributed by atoms with Crippen LogP contribution in [0.25, 0.3) is 11.4 Å². The van der Waals surface area contributed by atoms with Gasteiger partial charge < -0.3 is 5.32 Å². The van der Waals surface area contributed by atoms with Gasteiger partial charge in [0.05, 0.1) is 3.57 Å². The Morgan fingerprint density at radius 3 is 2.69 bits per heavy atom. The molecule has 0 saturated carbocycles. The van der Waals surface area contributed by atoms with E-state index in [0.717, 1.165) is 27.3 Å². The summed E-state index contributed by atoms with van der Waals surface area (Å²) < 4.78 is 1.04. The lowest BCUT2D eigenvalue weighted by molar-refractivity contribution is 1.10. The van der Waals surface area contributed by atoms with Crippen LogP contribution < -0.4 is 5.32 Å². The molecule has 1 heterocycles. The van der Waals surface area contributed by atoms with Gasteiger partial charge in [-0.05, 0) is 29.5 Å². The zero-order valence-corrected chi connectivity index (χ0v) is 11.1. The van der Waals surface area contributed by atoms with Gasteiger partial charge in [0.15, 0.2) is 5.82 Å². The van der Waals surface area contributed by atoms with Crippen molar-refractivity contribution in [1.82, 2.24) is 9.97 Å². The number of benzene rings is 1. The fourth-order valence-electron chi connectivity index (χ4n) is 1.38. The predicted octanol–water partition coefficient (Wildman–Crippen LogP) is 3.18. The molecule has 0 aliphatic heterocycles. The van der Waals surface area contributed by atoms with E-state index in [0.29, 0.717) is 0 Å². The predicted molar refractivity (Wildman–Crippen MR) is 74.3 cm³/mol. The molecule has 0 fully saturated rings. The highest BCUT2D eigenvalue weighted by Crippen LogP contribution is 2.19. The molecule has 0 radical (unpaired) electrons. The molecule has 0 bridgehead atoms. The van der Waals surface area contributed by atoms with Crippen LogP contribution in [0.15, 0.2) is 36.5 Å². The van der Waals surface area contributed by atoms with Gasteiger partial charge in [-0.1, -0.05) is 30.3 Å². The lowest BCUT2D eigenvalue weighted by Gasteiger charge is -2.06. The van der Waals surface area contributed by atoms with Crippen LogP contribution in [0.3, 0.4) is 0 Å². The largest absolute Gasteiger partial charge is 0.369 e. The Morgan fingerprint density at radius 1 is 1.25 bits per heavy atom. The minimum Gasteiger partial charge on any atom is -0.369 e. The Balaban J connectivity index is 2.40. The molecule has 82 valence electrons. The third-order valence-corrected chi connectivity index (χ3v) is 2.91. The van der Waals surface area contributed by atoms with Gasteiger partial charge in [0.1, 0.15) is 5.82 Å². The number of aromatic nitrogens is 2. The lowest BCUT2D eigenvalue weighted by atomic mass is 10.2. The molecule has 0 spiro atoms. The summed E-state index contributed by atoms with van der Waals surface area (Å²) in [6, 6.07) is 9.99. The maximum Gasteiger partial charge on any atom is 0.161 e. The van der Waals surface area contributed by atoms with Crippen LogP contribution in [0, 0.1) is 3.57 Å². The van der Waals surface area contributed by atoms with E-state index in [9.17, 15) is 0 Å². The number of anilines is 1. The zero-order valence-electron chi connectivity index (χ0n) is 8.94. The highest BCUT2D eigenvalue weighted by molar-refractivity contribution is 14.1. The summed E-state index contributed by atoms with van der Waals surface area (Å²) in [7, 11) is 0. The van der Waals surface area contributed by atoms with Crippen LogP contribution in [0.2, 0.25) is 0 Å². The second-order valence-corrected chi connectivity index (χ2v) is 4.45. The van der Waals surface area contributed by atoms with Crippen LogP contribution in [0.1, 0.15) is 6.92 Å². The van der Waals surface area contributed by atoms with Crippen LogP contribution in [-0.2, 0) is 0 Å². The van der Waals surface area contributed by atoms with Gasteiger partial charge in [-0.2, -0.15) is 0 Å². The molecule has 0 aliphatic carbocycles. The first-order valence-electron chi connectivity index (χ1n) is 5.13. The fourth-order valence-corrected chi connectivity index (χ4v) is 1.84. The van der Waals surface area contributed by atoms with Crippen LogP contribution in [-0.4, -0.2) is 16.5 Å². The van der Waals surface area contributed by atoms with Crippen molar-refractivity contribution in [3.63, 3.8) is 0 Å². The van der Waals surface area contributed by atoms with Crippen molar-refractivity contribution in [2.75, 3.05) is 11.9 Å². The van der Waals surface area contributed by atoms with Gasteiger partial charge in [0.2, 0.25) is 0 Å². The van der Waals surface area contributed by atoms with Crippen LogP contribution >= 0.6 is 22.6 Å². The van der Waals surface area contributed by atoms with E-state index in [1.54, 1.807) is 0 Å². The number of nitrogens with one attached hydrogen (secondary N) is 1. The Morgan fingerprint density at radius 2 is 2.00 bits per heavy atom. The van der Waals surface area contributed by atoms with Gasteiger partial charge in [0.25, 0.3) is 0 Å². The van der Waals surface area contributed by atoms with Gasteiger partial charge in [-0.15, -0.1) is 0 Å². The number of hydrogen-bond donors (Lipinski definition) is 1. The highest BCUT2D eigenvalue weighted by atomic mass is 127. The lowest BCUT2D eigenvalue weighted by Crippen LogP contribution is -2.03. The van der Waals surface area contributed by atoms with Gasteiger partial charge in [-0.25, -0.2) is 9.97 Å². The summed E-state index contributed by atoms with van der Waals surface area (Å²) in [4.78, 5) is 8.84. The molecule has 2 aromatic rings. The summed E-state index contributed by atoms with van der Waals surface area (Å²) in [6.45, 7) is 2.92. The van der Waals surface area contributed by atoms with Crippen molar-refractivity contribution in [2.24, 2.45) is 0 Å². The number of rotatable bonds is 3. The average molecular weight is 325 g/mol. The van der Waals surface area contributed by atoms with E-state index in [1.807, 2.05) is 36.5 Å². The molecule has 1 aromatic carbocycles. The van der Waals surface area contributed by atoms with E-state index >= 15 is 0 Å². The van der Waals surface area contributed by atoms with E-state index in [1.165, 1.54) is 0 Å². The van der Waals surface area contributed by atoms with E-state index in [2.05, 4.69) is 44.8 Å². The second kappa shape index (κ2) is 5.25. The normalized spacial score (nSPS) is 10.1. The van der Waals surface area contributed by atoms with Crippen molar-refractivity contribution in [3.05, 3.63) is 40.1 Å². The molecular formula is C12H12IN3. The molecule has 0 unspecified atom stereocenters. The monoisotopic (exact) mass is 325 g/mol. The van der Waals surface area contributed by atoms with Gasteiger partial charge in [0, 0.05) is 18.3 Å². The van der Waals surface area contributed by atoms with Gasteiger partial charge >= 0.3 is 0 Å². The standard InChI is InChI=1S/C12H12IN3/c1-2-14-12-10(13)8-15-11(16-12)9-6-4-3-5-7-9/h3-8H,2H2,1H3,(H,14,15,16). The molecule has 4 heteroatoms. The zero-order chi connectivity index (χ0) is 11.4. The van der Waals surface area contributed by atoms with E-state index in [-0.39, 0.29) is 0 Å². The molecule has 2 rings (SSSR count). The number of nitrogens with zero attached hydrogens (tertiary/aromatic N) is 2. The minimum absolute atomic E-state index is 0.761. The molecule has 0 aliphatic rings. The van der Waals surface area contributed by atoms with Crippen molar-refractivity contribution in [1.29, 1.82) is 0 Å². The smallest absolute Gasteiger partial charge is 0.161 e. The third kappa shape index (κ3) is 2.49. The minimum atomic E-state index is 0.761. The quantitative estimate of drug-likeness (QED) is 0.881. The highest BCUT2D eigenvalue weighted by Gasteiger charge is 2.05. The molecule has 1 aromatic heterocycles. The van der Waals surface area contributed by atoms with Crippen LogP contribution in [0.5, 0.6) is 0 Å². The third-order valence-electron chi connectivity index (χ3n) is 2.12. The SMILES string of the molecule is CCNc1nc(-c2ccccc2)ncc1I. The summed E-state index contributed by atoms with van der Waals surface area (Å²) in [5, 5.41) is 3.23. The topological polar surface area (TPSA) is 37.8 Å². The molecule has 1 N–H and O–H groups in total. The molecule has 0 amide bonds. The summed E-state index contributed by atoms with van der Waals surface area (Å²) in [5.41, 5.74) is 1.04. The fraction of sp³-hybridized carbons (Fsp3) is 0.167. The first kappa shape index (κ1) is 11.3. The van der Waals surface area contributed by atoms with Crippen molar-refractivity contribution in [2.45, 2.75) is 6.92 Å². The first-order valence-corrected chi connectivity index (χ1v) is 6.21. The second-order valence-electron chi connectivity index (χ2n) is 3.29. The average Bonchev–Trinajstić information content (AvgIpc) is 2.33. The first-order chi connectivity index (χ1) is 7.81. The van der Waals surface area contributed by atoms with E-state index in [4.69, 9.17) is 0 Å². The van der Waals surface area contributed by atoms with Gasteiger partial charge in [-0.3, -0.25) is 0 Å². The Kier molecular flexibility index (Phi) is 3.71. The van der Waals surface area contributed by atoms with E-state index < -0.39 is 0 Å². The summed E-state index contributed by atoms with van der Waals surface area (Å²) in [6.07, 6.45) is 1.84. The maximum atomic E-state index is 4.50. The van der Waals surface area contributed by atoms with Crippen molar-refractivity contribution in [3.8, 4) is 11.4 Å². The summed E-state index contributed by atoms with van der Waals surface area (Å²) >= 11 is 2.23. The molecular weight excluding hydrogens is 313 g/mol. The number of hydrogen-bond acceptors (Lipinski definition) is 3. The number of halogens is 1. The Hall–Kier alpha value is -1.17. The van der Waals surface area contributed by atoms with Crippen molar-refractivity contribution < 1.29 is 0 Å². The maximum absolute atomic E-state index is 4.50. The summed E-state index contributed by atoms with van der Waals surface area (Å²) in [5.74, 6) is 1.66. The molecule has 3 nitrogen and oxygen atoms in total. The van der Waals surface area contributed by atoms with Crippen LogP contribution in [0.4, 0.5) is 5.82 Å².